The minimum absolute atomic E-state index is 0.147. The first-order valence-electron chi connectivity index (χ1n) is 6.04. The summed E-state index contributed by atoms with van der Waals surface area (Å²) in [6, 6.07) is 10.7. The van der Waals surface area contributed by atoms with Crippen LogP contribution in [0.25, 0.3) is 0 Å². The van der Waals surface area contributed by atoms with Crippen molar-refractivity contribution >= 4 is 34.0 Å². The smallest absolute Gasteiger partial charge is 0.329 e. The lowest BCUT2D eigenvalue weighted by atomic mass is 10.2. The number of carbonyl (C=O) groups excluding carboxylic acids is 2. The number of carbonyl (C=O) groups is 2. The molecule has 0 spiro atoms. The Hall–Kier alpha value is -2.41. The maximum atomic E-state index is 11.5. The van der Waals surface area contributed by atoms with Gasteiger partial charge in [-0.2, -0.15) is 5.10 Å². The average Bonchev–Trinajstić information content (AvgIpc) is 2.98. The Morgan fingerprint density at radius 2 is 2.10 bits per heavy atom. The van der Waals surface area contributed by atoms with Crippen LogP contribution in [0.3, 0.4) is 0 Å². The van der Waals surface area contributed by atoms with Crippen molar-refractivity contribution in [3.05, 3.63) is 58.5 Å². The van der Waals surface area contributed by atoms with E-state index in [2.05, 4.69) is 31.8 Å². The number of nitrogens with one attached hydrogen (secondary N) is 2. The van der Waals surface area contributed by atoms with Gasteiger partial charge >= 0.3 is 11.8 Å². The summed E-state index contributed by atoms with van der Waals surface area (Å²) >= 11 is 3.32. The molecule has 2 rings (SSSR count). The molecular formula is C14H12BrN3O3. The third-order valence-corrected chi connectivity index (χ3v) is 2.93. The summed E-state index contributed by atoms with van der Waals surface area (Å²) < 4.78 is 5.93. The summed E-state index contributed by atoms with van der Waals surface area (Å²) in [5, 5.41) is 6.14. The van der Waals surface area contributed by atoms with Gasteiger partial charge in [0.25, 0.3) is 0 Å². The van der Waals surface area contributed by atoms with Crippen molar-refractivity contribution in [1.82, 2.24) is 10.7 Å². The standard InChI is InChI=1S/C14H12BrN3O3/c15-11-4-1-3-10(7-11)8-17-18-14(20)13(19)16-9-12-5-2-6-21-12/h1-8H,9H2,(H,16,19)(H,18,20)/b17-8-. The molecule has 0 fully saturated rings. The lowest BCUT2D eigenvalue weighted by molar-refractivity contribution is -0.139. The molecule has 6 nitrogen and oxygen atoms in total. The number of nitrogens with zero attached hydrogens (tertiary/aromatic N) is 1. The van der Waals surface area contributed by atoms with Crippen molar-refractivity contribution < 1.29 is 14.0 Å². The minimum Gasteiger partial charge on any atom is -0.467 e. The SMILES string of the molecule is O=C(NCc1ccco1)C(=O)N/N=C\c1cccc(Br)c1. The van der Waals surface area contributed by atoms with Gasteiger partial charge in [-0.25, -0.2) is 5.43 Å². The highest BCUT2D eigenvalue weighted by molar-refractivity contribution is 9.10. The molecule has 0 unspecified atom stereocenters. The molecule has 2 aromatic rings. The molecule has 0 atom stereocenters. The van der Waals surface area contributed by atoms with Crippen LogP contribution in [0.4, 0.5) is 0 Å². The first-order valence-corrected chi connectivity index (χ1v) is 6.83. The van der Waals surface area contributed by atoms with Crippen LogP contribution in [-0.4, -0.2) is 18.0 Å². The first kappa shape index (κ1) is 15.0. The Labute approximate surface area is 129 Å². The molecule has 2 amide bonds. The fourth-order valence-electron chi connectivity index (χ4n) is 1.46. The monoisotopic (exact) mass is 349 g/mol. The third kappa shape index (κ3) is 4.88. The lowest BCUT2D eigenvalue weighted by Gasteiger charge is -2.01. The minimum atomic E-state index is -0.840. The van der Waals surface area contributed by atoms with Crippen LogP contribution in [0.5, 0.6) is 0 Å². The van der Waals surface area contributed by atoms with E-state index in [1.807, 2.05) is 24.3 Å². The van der Waals surface area contributed by atoms with Gasteiger partial charge in [-0.15, -0.1) is 0 Å². The van der Waals surface area contributed by atoms with E-state index in [1.165, 1.54) is 12.5 Å². The predicted octanol–water partition coefficient (Wildman–Crippen LogP) is 1.81. The molecule has 0 radical (unpaired) electrons. The molecular weight excluding hydrogens is 338 g/mol. The highest BCUT2D eigenvalue weighted by Gasteiger charge is 2.12. The summed E-state index contributed by atoms with van der Waals surface area (Å²) in [5.41, 5.74) is 2.95. The van der Waals surface area contributed by atoms with Crippen molar-refractivity contribution in [3.8, 4) is 0 Å². The van der Waals surface area contributed by atoms with E-state index < -0.39 is 11.8 Å². The summed E-state index contributed by atoms with van der Waals surface area (Å²) in [7, 11) is 0. The molecule has 0 aliphatic rings. The van der Waals surface area contributed by atoms with Crippen LogP contribution in [-0.2, 0) is 16.1 Å². The van der Waals surface area contributed by atoms with Gasteiger partial charge in [-0.1, -0.05) is 28.1 Å². The number of hydrogen-bond donors (Lipinski definition) is 2. The second-order valence-corrected chi connectivity index (χ2v) is 4.93. The van der Waals surface area contributed by atoms with Gasteiger partial charge in [0, 0.05) is 4.47 Å². The summed E-state index contributed by atoms with van der Waals surface area (Å²) in [6.45, 7) is 0.147. The van der Waals surface area contributed by atoms with Gasteiger partial charge in [-0.05, 0) is 29.8 Å². The molecule has 0 bridgehead atoms. The van der Waals surface area contributed by atoms with Crippen molar-refractivity contribution in [2.45, 2.75) is 6.54 Å². The Kier molecular flexibility index (Phi) is 5.28. The Balaban J connectivity index is 1.79. The number of hydrazone groups is 1. The van der Waals surface area contributed by atoms with E-state index in [0.29, 0.717) is 5.76 Å². The van der Waals surface area contributed by atoms with Gasteiger partial charge in [0.05, 0.1) is 19.0 Å². The van der Waals surface area contributed by atoms with E-state index in [-0.39, 0.29) is 6.54 Å². The molecule has 2 N–H and O–H groups in total. The van der Waals surface area contributed by atoms with Crippen LogP contribution < -0.4 is 10.7 Å². The van der Waals surface area contributed by atoms with Crippen LogP contribution in [0.15, 0.2) is 56.7 Å². The zero-order chi connectivity index (χ0) is 15.1. The zero-order valence-electron chi connectivity index (χ0n) is 10.9. The lowest BCUT2D eigenvalue weighted by Crippen LogP contribution is -2.37. The normalized spacial score (nSPS) is 10.5. The molecule has 0 aliphatic heterocycles. The predicted molar refractivity (Wildman–Crippen MR) is 80.4 cm³/mol. The number of halogens is 1. The van der Waals surface area contributed by atoms with Crippen LogP contribution in [0.2, 0.25) is 0 Å². The number of furan rings is 1. The van der Waals surface area contributed by atoms with Crippen LogP contribution in [0, 0.1) is 0 Å². The molecule has 7 heteroatoms. The number of benzene rings is 1. The topological polar surface area (TPSA) is 83.7 Å². The van der Waals surface area contributed by atoms with Crippen molar-refractivity contribution in [2.75, 3.05) is 0 Å². The molecule has 1 aromatic carbocycles. The average molecular weight is 350 g/mol. The summed E-state index contributed by atoms with van der Waals surface area (Å²) in [4.78, 5) is 23.0. The summed E-state index contributed by atoms with van der Waals surface area (Å²) in [5.74, 6) is -1.06. The van der Waals surface area contributed by atoms with Gasteiger partial charge in [0.2, 0.25) is 0 Å². The maximum absolute atomic E-state index is 11.5. The fourth-order valence-corrected chi connectivity index (χ4v) is 1.88. The van der Waals surface area contributed by atoms with E-state index in [4.69, 9.17) is 4.42 Å². The second kappa shape index (κ2) is 7.39. The van der Waals surface area contributed by atoms with E-state index in [0.717, 1.165) is 10.0 Å². The molecule has 21 heavy (non-hydrogen) atoms. The summed E-state index contributed by atoms with van der Waals surface area (Å²) in [6.07, 6.45) is 2.94. The maximum Gasteiger partial charge on any atom is 0.329 e. The van der Waals surface area contributed by atoms with Crippen LogP contribution in [0.1, 0.15) is 11.3 Å². The largest absolute Gasteiger partial charge is 0.467 e. The van der Waals surface area contributed by atoms with Gasteiger partial charge in [0.1, 0.15) is 5.76 Å². The number of rotatable bonds is 4. The van der Waals surface area contributed by atoms with E-state index in [9.17, 15) is 9.59 Å². The Bertz CT molecular complexity index is 653. The number of amides is 2. The highest BCUT2D eigenvalue weighted by Crippen LogP contribution is 2.09. The molecule has 0 aliphatic carbocycles. The van der Waals surface area contributed by atoms with Gasteiger partial charge in [0.15, 0.2) is 0 Å². The molecule has 0 saturated carbocycles. The molecule has 1 heterocycles. The molecule has 0 saturated heterocycles. The van der Waals surface area contributed by atoms with Crippen LogP contribution >= 0.6 is 15.9 Å². The zero-order valence-corrected chi connectivity index (χ0v) is 12.5. The van der Waals surface area contributed by atoms with Crippen molar-refractivity contribution in [3.63, 3.8) is 0 Å². The Morgan fingerprint density at radius 3 is 2.81 bits per heavy atom. The first-order chi connectivity index (χ1) is 10.1. The third-order valence-electron chi connectivity index (χ3n) is 2.44. The highest BCUT2D eigenvalue weighted by atomic mass is 79.9. The van der Waals surface area contributed by atoms with Gasteiger partial charge < -0.3 is 9.73 Å². The van der Waals surface area contributed by atoms with Crippen molar-refractivity contribution in [2.24, 2.45) is 5.10 Å². The molecule has 1 aromatic heterocycles. The van der Waals surface area contributed by atoms with E-state index >= 15 is 0 Å². The molecule has 108 valence electrons. The fraction of sp³-hybridized carbons (Fsp3) is 0.0714. The van der Waals surface area contributed by atoms with Gasteiger partial charge in [-0.3, -0.25) is 9.59 Å². The quantitative estimate of drug-likeness (QED) is 0.501. The Morgan fingerprint density at radius 1 is 1.24 bits per heavy atom. The number of hydrogen-bond acceptors (Lipinski definition) is 4. The van der Waals surface area contributed by atoms with E-state index in [1.54, 1.807) is 12.1 Å². The second-order valence-electron chi connectivity index (χ2n) is 4.02. The van der Waals surface area contributed by atoms with Crippen molar-refractivity contribution in [1.29, 1.82) is 0 Å².